The van der Waals surface area contributed by atoms with Crippen LogP contribution in [-0.2, 0) is 10.0 Å². The Morgan fingerprint density at radius 2 is 1.45 bits per heavy atom. The molecular weight excluding hydrogens is 534 g/mol. The highest BCUT2D eigenvalue weighted by atomic mass is 35.5. The maximum absolute atomic E-state index is 12.7. The van der Waals surface area contributed by atoms with Crippen molar-refractivity contribution in [3.05, 3.63) is 83.8 Å². The number of nitrogens with zero attached hydrogens (tertiary/aromatic N) is 1. The van der Waals surface area contributed by atoms with Gasteiger partial charge in [-0.15, -0.1) is 0 Å². The van der Waals surface area contributed by atoms with E-state index in [4.69, 9.17) is 62.7 Å². The van der Waals surface area contributed by atoms with Crippen molar-refractivity contribution in [3.63, 3.8) is 0 Å². The number of hydrogen-bond donors (Lipinski definition) is 1. The molecule has 0 radical (unpaired) electrons. The molecule has 0 heterocycles. The van der Waals surface area contributed by atoms with Gasteiger partial charge >= 0.3 is 0 Å². The van der Waals surface area contributed by atoms with Crippen LogP contribution in [0.1, 0.15) is 0 Å². The fourth-order valence-corrected chi connectivity index (χ4v) is 4.67. The summed E-state index contributed by atoms with van der Waals surface area (Å²) in [6.45, 7) is 0. The molecule has 3 rings (SSSR count). The Balaban J connectivity index is 1.91. The van der Waals surface area contributed by atoms with Gasteiger partial charge in [-0.05, 0) is 36.4 Å². The van der Waals surface area contributed by atoms with Crippen molar-refractivity contribution < 1.29 is 18.1 Å². The Kier molecular flexibility index (Phi) is 7.10. The summed E-state index contributed by atoms with van der Waals surface area (Å²) in [5.74, 6) is -0.0341. The van der Waals surface area contributed by atoms with Crippen LogP contribution >= 0.6 is 58.0 Å². The lowest BCUT2D eigenvalue weighted by molar-refractivity contribution is -0.384. The van der Waals surface area contributed by atoms with Crippen LogP contribution in [-0.4, -0.2) is 13.3 Å². The maximum Gasteiger partial charge on any atom is 0.271 e. The molecule has 7 nitrogen and oxygen atoms in total. The van der Waals surface area contributed by atoms with Crippen molar-refractivity contribution in [3.8, 4) is 11.5 Å². The molecule has 13 heteroatoms. The normalized spacial score (nSPS) is 11.3. The number of anilines is 1. The van der Waals surface area contributed by atoms with Crippen LogP contribution in [0.3, 0.4) is 0 Å². The number of halogens is 5. The topological polar surface area (TPSA) is 98.5 Å². The minimum Gasteiger partial charge on any atom is -0.453 e. The van der Waals surface area contributed by atoms with Crippen LogP contribution in [0.4, 0.5) is 11.4 Å². The fraction of sp³-hybridized carbons (Fsp3) is 0. The third-order valence-corrected chi connectivity index (χ3v) is 6.75. The number of nitro benzene ring substituents is 1. The first-order valence-electron chi connectivity index (χ1n) is 8.06. The summed E-state index contributed by atoms with van der Waals surface area (Å²) < 4.78 is 33.3. The zero-order valence-electron chi connectivity index (χ0n) is 14.9. The first-order chi connectivity index (χ1) is 14.5. The highest BCUT2D eigenvalue weighted by molar-refractivity contribution is 7.92. The van der Waals surface area contributed by atoms with E-state index in [2.05, 4.69) is 4.72 Å². The van der Waals surface area contributed by atoms with E-state index in [1.807, 2.05) is 0 Å². The Hall–Kier alpha value is -1.94. The van der Waals surface area contributed by atoms with Crippen molar-refractivity contribution in [2.24, 2.45) is 0 Å². The number of rotatable bonds is 6. The van der Waals surface area contributed by atoms with Gasteiger partial charge in [0.1, 0.15) is 5.75 Å². The molecular formula is C18H9Cl5N2O5S. The van der Waals surface area contributed by atoms with Crippen LogP contribution in [0.15, 0.2) is 53.4 Å². The van der Waals surface area contributed by atoms with Crippen LogP contribution in [0.2, 0.25) is 25.1 Å². The molecule has 0 saturated heterocycles. The van der Waals surface area contributed by atoms with Crippen LogP contribution in [0.5, 0.6) is 11.5 Å². The lowest BCUT2D eigenvalue weighted by Gasteiger charge is -2.14. The van der Waals surface area contributed by atoms with Crippen molar-refractivity contribution in [1.29, 1.82) is 0 Å². The zero-order valence-corrected chi connectivity index (χ0v) is 19.5. The summed E-state index contributed by atoms with van der Waals surface area (Å²) >= 11 is 30.1. The Bertz CT molecular complexity index is 1280. The van der Waals surface area contributed by atoms with Gasteiger partial charge in [-0.3, -0.25) is 14.8 Å². The quantitative estimate of drug-likeness (QED) is 0.258. The van der Waals surface area contributed by atoms with Gasteiger partial charge in [0.15, 0.2) is 5.75 Å². The highest BCUT2D eigenvalue weighted by Gasteiger charge is 2.21. The maximum atomic E-state index is 12.7. The van der Waals surface area contributed by atoms with Gasteiger partial charge in [-0.25, -0.2) is 8.42 Å². The molecule has 0 aliphatic rings. The molecule has 0 atom stereocenters. The second kappa shape index (κ2) is 9.28. The first-order valence-corrected chi connectivity index (χ1v) is 11.4. The van der Waals surface area contributed by atoms with Crippen LogP contribution in [0, 0.1) is 10.1 Å². The number of sulfonamides is 1. The number of non-ortho nitro benzene ring substituents is 1. The standard InChI is InChI=1S/C18H9Cl5N2O5S/c19-12-3-1-9(5-13(12)20)24-31(28,29)11-7-15(22)18(16(23)8-11)30-17-4-2-10(25(26)27)6-14(17)21/h1-8,24H. The van der Waals surface area contributed by atoms with E-state index in [-0.39, 0.29) is 52.9 Å². The zero-order chi connectivity index (χ0) is 22.9. The highest BCUT2D eigenvalue weighted by Crippen LogP contribution is 2.41. The Morgan fingerprint density at radius 3 is 2.00 bits per heavy atom. The molecule has 0 unspecified atom stereocenters. The average molecular weight is 543 g/mol. The third kappa shape index (κ3) is 5.46. The predicted octanol–water partition coefficient (Wildman–Crippen LogP) is 7.45. The van der Waals surface area contributed by atoms with E-state index >= 15 is 0 Å². The minimum absolute atomic E-state index is 0.0422. The van der Waals surface area contributed by atoms with Gasteiger partial charge in [0.2, 0.25) is 0 Å². The number of nitro groups is 1. The van der Waals surface area contributed by atoms with E-state index in [1.54, 1.807) is 0 Å². The SMILES string of the molecule is O=[N+]([O-])c1ccc(Oc2c(Cl)cc(S(=O)(=O)Nc3ccc(Cl)c(Cl)c3)cc2Cl)c(Cl)c1. The fourth-order valence-electron chi connectivity index (χ4n) is 2.36. The molecule has 0 aliphatic carbocycles. The number of nitrogens with one attached hydrogen (secondary N) is 1. The molecule has 0 amide bonds. The average Bonchev–Trinajstić information content (AvgIpc) is 2.68. The second-order valence-electron chi connectivity index (χ2n) is 5.92. The van der Waals surface area contributed by atoms with Crippen molar-refractivity contribution in [2.45, 2.75) is 4.90 Å². The number of ether oxygens (including phenoxy) is 1. The Morgan fingerprint density at radius 1 is 0.806 bits per heavy atom. The van der Waals surface area contributed by atoms with Gasteiger partial charge in [0, 0.05) is 12.1 Å². The van der Waals surface area contributed by atoms with E-state index in [0.717, 1.165) is 18.2 Å². The van der Waals surface area contributed by atoms with E-state index < -0.39 is 14.9 Å². The third-order valence-electron chi connectivity index (χ3n) is 3.79. The number of benzene rings is 3. The molecule has 0 aliphatic heterocycles. The molecule has 1 N–H and O–H groups in total. The lowest BCUT2D eigenvalue weighted by Crippen LogP contribution is -2.13. The van der Waals surface area contributed by atoms with Crippen molar-refractivity contribution in [1.82, 2.24) is 0 Å². The predicted molar refractivity (Wildman–Crippen MR) is 122 cm³/mol. The van der Waals surface area contributed by atoms with Gasteiger partial charge in [0.05, 0.1) is 40.6 Å². The summed E-state index contributed by atoms with van der Waals surface area (Å²) in [7, 11) is -4.08. The summed E-state index contributed by atoms with van der Waals surface area (Å²) in [6.07, 6.45) is 0. The van der Waals surface area contributed by atoms with E-state index in [0.29, 0.717) is 0 Å². The van der Waals surface area contributed by atoms with E-state index in [1.165, 1.54) is 30.3 Å². The van der Waals surface area contributed by atoms with Crippen molar-refractivity contribution in [2.75, 3.05) is 4.72 Å². The van der Waals surface area contributed by atoms with Crippen LogP contribution in [0.25, 0.3) is 0 Å². The van der Waals surface area contributed by atoms with Gasteiger partial charge in [0.25, 0.3) is 15.7 Å². The molecule has 3 aromatic carbocycles. The monoisotopic (exact) mass is 540 g/mol. The largest absolute Gasteiger partial charge is 0.453 e. The van der Waals surface area contributed by atoms with E-state index in [9.17, 15) is 18.5 Å². The summed E-state index contributed by atoms with van der Waals surface area (Å²) in [5, 5.41) is 10.9. The molecule has 31 heavy (non-hydrogen) atoms. The lowest BCUT2D eigenvalue weighted by atomic mass is 10.3. The molecule has 162 valence electrons. The smallest absolute Gasteiger partial charge is 0.271 e. The summed E-state index contributed by atoms with van der Waals surface area (Å²) in [5.41, 5.74) is -0.0519. The number of hydrogen-bond acceptors (Lipinski definition) is 5. The molecule has 3 aromatic rings. The molecule has 0 bridgehead atoms. The second-order valence-corrected chi connectivity index (χ2v) is 9.64. The van der Waals surface area contributed by atoms with Crippen LogP contribution < -0.4 is 9.46 Å². The Labute approximate surface area is 201 Å². The summed E-state index contributed by atoms with van der Waals surface area (Å²) in [6, 6.07) is 10.0. The molecule has 0 aromatic heterocycles. The molecule has 0 fully saturated rings. The van der Waals surface area contributed by atoms with Gasteiger partial charge in [-0.1, -0.05) is 58.0 Å². The molecule has 0 saturated carbocycles. The first kappa shape index (κ1) is 23.7. The minimum atomic E-state index is -4.08. The van der Waals surface area contributed by atoms with Crippen molar-refractivity contribution >= 4 is 79.4 Å². The van der Waals surface area contributed by atoms with Gasteiger partial charge < -0.3 is 4.74 Å². The molecule has 0 spiro atoms. The summed E-state index contributed by atoms with van der Waals surface area (Å²) in [4.78, 5) is 9.96. The van der Waals surface area contributed by atoms with Gasteiger partial charge in [-0.2, -0.15) is 0 Å².